The average molecular weight is 375 g/mol. The molecule has 1 aromatic carbocycles. The van der Waals surface area contributed by atoms with Crippen molar-refractivity contribution in [1.82, 2.24) is 0 Å². The molecule has 0 fully saturated rings. The largest absolute Gasteiger partial charge is 0.492 e. The molecule has 8 heteroatoms. The van der Waals surface area contributed by atoms with Gasteiger partial charge in [0.05, 0.1) is 26.9 Å². The number of methoxy groups -OCH3 is 3. The maximum atomic E-state index is 12.6. The van der Waals surface area contributed by atoms with E-state index in [2.05, 4.69) is 4.99 Å². The molecule has 2 aliphatic rings. The number of rotatable bonds is 4. The Kier molecular flexibility index (Phi) is 5.07. The fourth-order valence-electron chi connectivity index (χ4n) is 3.60. The average Bonchev–Trinajstić information content (AvgIpc) is 3.14. The summed E-state index contributed by atoms with van der Waals surface area (Å²) in [4.78, 5) is 29.5. The standard InChI is InChI=1S/C19H21NO7/c1-9-13(18(21)24-4)15(14(10(2)20-9)19(22)25-5)11-6-7-12-17(16(11)23-3)27-8-26-12/h6-7,13,15H,8H2,1-5H3. The number of fused-ring (bicyclic) bond motifs is 1. The zero-order chi connectivity index (χ0) is 19.7. The fraction of sp³-hybridized carbons (Fsp3) is 0.421. The Morgan fingerprint density at radius 3 is 2.48 bits per heavy atom. The van der Waals surface area contributed by atoms with Gasteiger partial charge in [0.25, 0.3) is 0 Å². The van der Waals surface area contributed by atoms with Crippen molar-refractivity contribution in [2.24, 2.45) is 10.9 Å². The molecule has 144 valence electrons. The highest BCUT2D eigenvalue weighted by atomic mass is 16.7. The van der Waals surface area contributed by atoms with Gasteiger partial charge in [0.15, 0.2) is 11.5 Å². The minimum absolute atomic E-state index is 0.0689. The maximum Gasteiger partial charge on any atom is 0.336 e. The van der Waals surface area contributed by atoms with Gasteiger partial charge in [-0.2, -0.15) is 0 Å². The lowest BCUT2D eigenvalue weighted by Gasteiger charge is -2.32. The Morgan fingerprint density at radius 1 is 1.11 bits per heavy atom. The number of nitrogens with zero attached hydrogens (tertiary/aromatic N) is 1. The first-order valence-electron chi connectivity index (χ1n) is 8.33. The van der Waals surface area contributed by atoms with Gasteiger partial charge in [-0.3, -0.25) is 9.79 Å². The van der Waals surface area contributed by atoms with Crippen LogP contribution in [0.4, 0.5) is 0 Å². The van der Waals surface area contributed by atoms with E-state index in [-0.39, 0.29) is 12.4 Å². The summed E-state index contributed by atoms with van der Waals surface area (Å²) in [5, 5.41) is 0. The van der Waals surface area contributed by atoms with Crippen LogP contribution in [-0.4, -0.2) is 45.8 Å². The first-order chi connectivity index (χ1) is 12.9. The Hall–Kier alpha value is -3.03. The lowest BCUT2D eigenvalue weighted by atomic mass is 9.75. The summed E-state index contributed by atoms with van der Waals surface area (Å²) in [6.07, 6.45) is 0. The Labute approximate surface area is 156 Å². The van der Waals surface area contributed by atoms with Gasteiger partial charge < -0.3 is 23.7 Å². The molecule has 0 spiro atoms. The summed E-state index contributed by atoms with van der Waals surface area (Å²) in [5.74, 6) is -1.22. The molecule has 0 saturated carbocycles. The molecule has 0 aliphatic carbocycles. The van der Waals surface area contributed by atoms with Crippen LogP contribution in [0.1, 0.15) is 25.3 Å². The third-order valence-corrected chi connectivity index (χ3v) is 4.75. The highest BCUT2D eigenvalue weighted by molar-refractivity contribution is 6.07. The van der Waals surface area contributed by atoms with Crippen molar-refractivity contribution in [3.63, 3.8) is 0 Å². The number of allylic oxidation sites excluding steroid dienone is 1. The van der Waals surface area contributed by atoms with Crippen molar-refractivity contribution >= 4 is 17.7 Å². The minimum atomic E-state index is -0.804. The molecule has 0 radical (unpaired) electrons. The number of ether oxygens (including phenoxy) is 5. The van der Waals surface area contributed by atoms with Gasteiger partial charge in [0.1, 0.15) is 5.92 Å². The smallest absolute Gasteiger partial charge is 0.336 e. The van der Waals surface area contributed by atoms with Crippen LogP contribution in [0, 0.1) is 5.92 Å². The lowest BCUT2D eigenvalue weighted by Crippen LogP contribution is -2.36. The van der Waals surface area contributed by atoms with E-state index in [0.717, 1.165) is 0 Å². The topological polar surface area (TPSA) is 92.7 Å². The Morgan fingerprint density at radius 2 is 1.85 bits per heavy atom. The van der Waals surface area contributed by atoms with Gasteiger partial charge in [-0.1, -0.05) is 6.07 Å². The summed E-state index contributed by atoms with van der Waals surface area (Å²) < 4.78 is 26.4. The number of carbonyl (C=O) groups is 2. The lowest BCUT2D eigenvalue weighted by molar-refractivity contribution is -0.143. The number of esters is 2. The van der Waals surface area contributed by atoms with Crippen LogP contribution < -0.4 is 14.2 Å². The van der Waals surface area contributed by atoms with Crippen LogP contribution in [-0.2, 0) is 19.1 Å². The molecule has 3 rings (SSSR count). The fourth-order valence-corrected chi connectivity index (χ4v) is 3.60. The summed E-state index contributed by atoms with van der Waals surface area (Å²) in [5.41, 5.74) is 1.88. The van der Waals surface area contributed by atoms with Gasteiger partial charge >= 0.3 is 11.9 Å². The van der Waals surface area contributed by atoms with Gasteiger partial charge in [0, 0.05) is 22.9 Å². The highest BCUT2D eigenvalue weighted by Gasteiger charge is 2.44. The second kappa shape index (κ2) is 7.30. The zero-order valence-corrected chi connectivity index (χ0v) is 15.8. The highest BCUT2D eigenvalue weighted by Crippen LogP contribution is 2.50. The van der Waals surface area contributed by atoms with Gasteiger partial charge in [-0.15, -0.1) is 0 Å². The third-order valence-electron chi connectivity index (χ3n) is 4.75. The zero-order valence-electron chi connectivity index (χ0n) is 15.8. The first-order valence-corrected chi connectivity index (χ1v) is 8.33. The number of benzene rings is 1. The number of hydrogen-bond donors (Lipinski definition) is 0. The van der Waals surface area contributed by atoms with Crippen molar-refractivity contribution in [1.29, 1.82) is 0 Å². The molecule has 27 heavy (non-hydrogen) atoms. The van der Waals surface area contributed by atoms with Crippen LogP contribution in [0.15, 0.2) is 28.4 Å². The molecule has 0 N–H and O–H groups in total. The Bertz CT molecular complexity index is 856. The SMILES string of the molecule is COC(=O)C1=C(C)N=C(C)C(C(=O)OC)C1c1ccc2c(c1OC)OCO2. The van der Waals surface area contributed by atoms with E-state index in [4.69, 9.17) is 23.7 Å². The second-order valence-electron chi connectivity index (χ2n) is 6.14. The molecule has 0 saturated heterocycles. The summed E-state index contributed by atoms with van der Waals surface area (Å²) >= 11 is 0. The van der Waals surface area contributed by atoms with Gasteiger partial charge in [0.2, 0.25) is 12.5 Å². The molecule has 8 nitrogen and oxygen atoms in total. The molecule has 1 aromatic rings. The third kappa shape index (κ3) is 3.01. The van der Waals surface area contributed by atoms with E-state index < -0.39 is 23.8 Å². The molecule has 2 unspecified atom stereocenters. The van der Waals surface area contributed by atoms with Gasteiger partial charge in [-0.05, 0) is 19.9 Å². The molecular weight excluding hydrogens is 354 g/mol. The van der Waals surface area contributed by atoms with Crippen LogP contribution >= 0.6 is 0 Å². The van der Waals surface area contributed by atoms with Crippen molar-refractivity contribution in [2.75, 3.05) is 28.1 Å². The van der Waals surface area contributed by atoms with Crippen LogP contribution in [0.25, 0.3) is 0 Å². The molecule has 0 bridgehead atoms. The monoisotopic (exact) mass is 375 g/mol. The Balaban J connectivity index is 2.26. The van der Waals surface area contributed by atoms with E-state index in [1.807, 2.05) is 0 Å². The predicted octanol–water partition coefficient (Wildman–Crippen LogP) is 2.22. The summed E-state index contributed by atoms with van der Waals surface area (Å²) in [6, 6.07) is 3.47. The van der Waals surface area contributed by atoms with E-state index in [1.54, 1.807) is 26.0 Å². The van der Waals surface area contributed by atoms with E-state index in [1.165, 1.54) is 21.3 Å². The van der Waals surface area contributed by atoms with E-state index >= 15 is 0 Å². The van der Waals surface area contributed by atoms with Crippen LogP contribution in [0.5, 0.6) is 17.2 Å². The molecule has 2 atom stereocenters. The molecule has 0 amide bonds. The van der Waals surface area contributed by atoms with Crippen molar-refractivity contribution < 1.29 is 33.3 Å². The number of carbonyl (C=O) groups excluding carboxylic acids is 2. The van der Waals surface area contributed by atoms with Crippen molar-refractivity contribution in [3.8, 4) is 17.2 Å². The maximum absolute atomic E-state index is 12.6. The van der Waals surface area contributed by atoms with Crippen molar-refractivity contribution in [3.05, 3.63) is 29.0 Å². The van der Waals surface area contributed by atoms with Crippen LogP contribution in [0.2, 0.25) is 0 Å². The number of hydrogen-bond acceptors (Lipinski definition) is 8. The first kappa shape index (κ1) is 18.8. The summed E-state index contributed by atoms with van der Waals surface area (Å²) in [7, 11) is 4.08. The number of aliphatic imine (C=N–C) groups is 1. The minimum Gasteiger partial charge on any atom is -0.492 e. The van der Waals surface area contributed by atoms with Gasteiger partial charge in [-0.25, -0.2) is 4.79 Å². The predicted molar refractivity (Wildman–Crippen MR) is 95.2 cm³/mol. The molecule has 2 heterocycles. The molecule has 2 aliphatic heterocycles. The molecule has 0 aromatic heterocycles. The summed E-state index contributed by atoms with van der Waals surface area (Å²) in [6.45, 7) is 3.50. The normalized spacial score (nSPS) is 20.9. The van der Waals surface area contributed by atoms with Crippen LogP contribution in [0.3, 0.4) is 0 Å². The quantitative estimate of drug-likeness (QED) is 0.745. The van der Waals surface area contributed by atoms with E-state index in [0.29, 0.717) is 34.2 Å². The molecular formula is C19H21NO7. The second-order valence-corrected chi connectivity index (χ2v) is 6.14. The van der Waals surface area contributed by atoms with Crippen molar-refractivity contribution in [2.45, 2.75) is 19.8 Å². The van der Waals surface area contributed by atoms with E-state index in [9.17, 15) is 9.59 Å².